The van der Waals surface area contributed by atoms with Crippen LogP contribution >= 0.6 is 0 Å². The van der Waals surface area contributed by atoms with Crippen LogP contribution in [-0.4, -0.2) is 36.1 Å². The molecule has 0 spiro atoms. The third kappa shape index (κ3) is 2.67. The number of β-lactam (4-membered cyclic amide) rings is 1. The van der Waals surface area contributed by atoms with Gasteiger partial charge < -0.3 is 14.7 Å². The SMILES string of the molecule is COc1ccc(N2C(=O)[C@H]([C@@H](C)O)[C@H]2C(=O)c2ccccc2)cc1. The Balaban J connectivity index is 1.95. The summed E-state index contributed by atoms with van der Waals surface area (Å²) in [6.45, 7) is 1.54. The lowest BCUT2D eigenvalue weighted by molar-refractivity contribution is -0.133. The number of hydrogen-bond donors (Lipinski definition) is 1. The zero-order valence-electron chi connectivity index (χ0n) is 13.5. The number of hydrogen-bond acceptors (Lipinski definition) is 4. The number of ether oxygens (including phenoxy) is 1. The van der Waals surface area contributed by atoms with Crippen LogP contribution in [-0.2, 0) is 4.79 Å². The van der Waals surface area contributed by atoms with Crippen molar-refractivity contribution in [1.29, 1.82) is 0 Å². The second-order valence-corrected chi connectivity index (χ2v) is 5.85. The summed E-state index contributed by atoms with van der Waals surface area (Å²) >= 11 is 0. The van der Waals surface area contributed by atoms with Crippen molar-refractivity contribution in [3.8, 4) is 5.75 Å². The van der Waals surface area contributed by atoms with Gasteiger partial charge in [-0.1, -0.05) is 30.3 Å². The Hall–Kier alpha value is -2.66. The zero-order chi connectivity index (χ0) is 17.3. The first-order chi connectivity index (χ1) is 11.5. The summed E-state index contributed by atoms with van der Waals surface area (Å²) in [7, 11) is 1.56. The Labute approximate surface area is 140 Å². The van der Waals surface area contributed by atoms with Gasteiger partial charge in [0, 0.05) is 11.3 Å². The van der Waals surface area contributed by atoms with Crippen LogP contribution in [0.1, 0.15) is 17.3 Å². The molecule has 2 aromatic carbocycles. The van der Waals surface area contributed by atoms with E-state index in [-0.39, 0.29) is 11.7 Å². The molecule has 0 radical (unpaired) electrons. The van der Waals surface area contributed by atoms with E-state index in [0.717, 1.165) is 0 Å². The number of Topliss-reactive ketones (excluding diaryl/α,β-unsaturated/α-hetero) is 1. The molecule has 0 aromatic heterocycles. The lowest BCUT2D eigenvalue weighted by atomic mass is 9.78. The van der Waals surface area contributed by atoms with E-state index in [1.807, 2.05) is 6.07 Å². The highest BCUT2D eigenvalue weighted by molar-refractivity contribution is 6.17. The second kappa shape index (κ2) is 6.45. The molecule has 2 aromatic rings. The van der Waals surface area contributed by atoms with Gasteiger partial charge in [-0.3, -0.25) is 9.59 Å². The fourth-order valence-corrected chi connectivity index (χ4v) is 3.07. The molecule has 1 aliphatic heterocycles. The Morgan fingerprint density at radius 3 is 2.29 bits per heavy atom. The standard InChI is InChI=1S/C19H19NO4/c1-12(21)16-17(18(22)13-6-4-3-5-7-13)20(19(16)23)14-8-10-15(24-2)11-9-14/h3-12,16-17,21H,1-2H3/t12-,16-,17+/m1/s1. The van der Waals surface area contributed by atoms with Crippen molar-refractivity contribution in [2.75, 3.05) is 12.0 Å². The smallest absolute Gasteiger partial charge is 0.236 e. The third-order valence-corrected chi connectivity index (χ3v) is 4.34. The number of nitrogens with zero attached hydrogens (tertiary/aromatic N) is 1. The highest BCUT2D eigenvalue weighted by atomic mass is 16.5. The maximum atomic E-state index is 12.9. The number of rotatable bonds is 5. The molecule has 1 amide bonds. The number of carbonyl (C=O) groups excluding carboxylic acids is 2. The first kappa shape index (κ1) is 16.2. The van der Waals surface area contributed by atoms with Gasteiger partial charge in [0.2, 0.25) is 5.91 Å². The average molecular weight is 325 g/mol. The van der Waals surface area contributed by atoms with Crippen LogP contribution in [0.3, 0.4) is 0 Å². The molecular weight excluding hydrogens is 306 g/mol. The maximum Gasteiger partial charge on any atom is 0.236 e. The normalized spacial score (nSPS) is 21.1. The Morgan fingerprint density at radius 1 is 1.12 bits per heavy atom. The Morgan fingerprint density at radius 2 is 1.75 bits per heavy atom. The predicted molar refractivity (Wildman–Crippen MR) is 90.2 cm³/mol. The van der Waals surface area contributed by atoms with E-state index in [1.54, 1.807) is 62.6 Å². The third-order valence-electron chi connectivity index (χ3n) is 4.34. The minimum Gasteiger partial charge on any atom is -0.497 e. The molecule has 5 nitrogen and oxygen atoms in total. The van der Waals surface area contributed by atoms with Crippen LogP contribution in [0.15, 0.2) is 54.6 Å². The topological polar surface area (TPSA) is 66.8 Å². The van der Waals surface area contributed by atoms with E-state index in [0.29, 0.717) is 17.0 Å². The number of benzene rings is 2. The number of methoxy groups -OCH3 is 1. The summed E-state index contributed by atoms with van der Waals surface area (Å²) in [6, 6.07) is 15.1. The van der Waals surface area contributed by atoms with Crippen molar-refractivity contribution in [2.45, 2.75) is 19.1 Å². The molecule has 0 aliphatic carbocycles. The van der Waals surface area contributed by atoms with E-state index in [9.17, 15) is 14.7 Å². The quantitative estimate of drug-likeness (QED) is 0.676. The van der Waals surface area contributed by atoms with Crippen LogP contribution in [0.4, 0.5) is 5.69 Å². The van der Waals surface area contributed by atoms with Gasteiger partial charge in [-0.15, -0.1) is 0 Å². The lowest BCUT2D eigenvalue weighted by Crippen LogP contribution is -2.67. The lowest BCUT2D eigenvalue weighted by Gasteiger charge is -2.47. The largest absolute Gasteiger partial charge is 0.497 e. The van der Waals surface area contributed by atoms with Crippen LogP contribution in [0.25, 0.3) is 0 Å². The number of amides is 1. The molecule has 1 heterocycles. The summed E-state index contributed by atoms with van der Waals surface area (Å²) in [6.07, 6.45) is -0.885. The van der Waals surface area contributed by atoms with Crippen LogP contribution in [0.5, 0.6) is 5.75 Å². The number of carbonyl (C=O) groups is 2. The van der Waals surface area contributed by atoms with E-state index in [4.69, 9.17) is 4.74 Å². The van der Waals surface area contributed by atoms with Crippen molar-refractivity contribution in [3.05, 3.63) is 60.2 Å². The highest BCUT2D eigenvalue weighted by Crippen LogP contribution is 2.37. The predicted octanol–water partition coefficient (Wildman–Crippen LogP) is 2.29. The van der Waals surface area contributed by atoms with E-state index in [2.05, 4.69) is 0 Å². The van der Waals surface area contributed by atoms with Gasteiger partial charge in [-0.25, -0.2) is 0 Å². The first-order valence-electron chi connectivity index (χ1n) is 7.79. The Kier molecular flexibility index (Phi) is 4.36. The molecule has 5 heteroatoms. The molecule has 0 unspecified atom stereocenters. The summed E-state index contributed by atoms with van der Waals surface area (Å²) in [4.78, 5) is 26.8. The molecule has 3 atom stereocenters. The van der Waals surface area contributed by atoms with Gasteiger partial charge in [0.1, 0.15) is 11.8 Å². The number of ketones is 1. The fourth-order valence-electron chi connectivity index (χ4n) is 3.07. The molecule has 3 rings (SSSR count). The Bertz CT molecular complexity index is 740. The fraction of sp³-hybridized carbons (Fsp3) is 0.263. The molecule has 24 heavy (non-hydrogen) atoms. The van der Waals surface area contributed by atoms with Crippen molar-refractivity contribution in [3.63, 3.8) is 0 Å². The highest BCUT2D eigenvalue weighted by Gasteiger charge is 2.54. The van der Waals surface area contributed by atoms with E-state index in [1.165, 1.54) is 4.90 Å². The summed E-state index contributed by atoms with van der Waals surface area (Å²) in [5.74, 6) is -0.467. The minimum absolute atomic E-state index is 0.170. The zero-order valence-corrected chi connectivity index (χ0v) is 13.5. The van der Waals surface area contributed by atoms with Crippen molar-refractivity contribution in [1.82, 2.24) is 0 Å². The number of anilines is 1. The molecule has 1 N–H and O–H groups in total. The summed E-state index contributed by atoms with van der Waals surface area (Å²) < 4.78 is 5.12. The molecule has 1 aliphatic rings. The van der Waals surface area contributed by atoms with E-state index >= 15 is 0 Å². The van der Waals surface area contributed by atoms with Gasteiger partial charge in [0.15, 0.2) is 5.78 Å². The monoisotopic (exact) mass is 325 g/mol. The van der Waals surface area contributed by atoms with Gasteiger partial charge in [-0.2, -0.15) is 0 Å². The average Bonchev–Trinajstić information content (AvgIpc) is 2.60. The van der Waals surface area contributed by atoms with E-state index < -0.39 is 18.1 Å². The molecule has 1 fully saturated rings. The van der Waals surface area contributed by atoms with Crippen LogP contribution in [0, 0.1) is 5.92 Å². The molecule has 124 valence electrons. The van der Waals surface area contributed by atoms with Crippen LogP contribution < -0.4 is 9.64 Å². The molecule has 0 saturated carbocycles. The summed E-state index contributed by atoms with van der Waals surface area (Å²) in [5.41, 5.74) is 1.14. The first-order valence-corrected chi connectivity index (χ1v) is 7.79. The van der Waals surface area contributed by atoms with Crippen molar-refractivity contribution >= 4 is 17.4 Å². The minimum atomic E-state index is -0.885. The van der Waals surface area contributed by atoms with Crippen LogP contribution in [0.2, 0.25) is 0 Å². The molecule has 0 bridgehead atoms. The van der Waals surface area contributed by atoms with Gasteiger partial charge in [-0.05, 0) is 31.2 Å². The maximum absolute atomic E-state index is 12.9. The van der Waals surface area contributed by atoms with Gasteiger partial charge in [0.25, 0.3) is 0 Å². The van der Waals surface area contributed by atoms with Crippen molar-refractivity contribution < 1.29 is 19.4 Å². The number of aliphatic hydroxyl groups is 1. The van der Waals surface area contributed by atoms with Crippen molar-refractivity contribution in [2.24, 2.45) is 5.92 Å². The molecule has 1 saturated heterocycles. The number of aliphatic hydroxyl groups excluding tert-OH is 1. The van der Waals surface area contributed by atoms with Gasteiger partial charge >= 0.3 is 0 Å². The molecular formula is C19H19NO4. The summed E-state index contributed by atoms with van der Waals surface area (Å²) in [5, 5.41) is 9.94. The second-order valence-electron chi connectivity index (χ2n) is 5.85. The van der Waals surface area contributed by atoms with Gasteiger partial charge in [0.05, 0.1) is 19.1 Å².